The Morgan fingerprint density at radius 2 is 2.00 bits per heavy atom. The lowest BCUT2D eigenvalue weighted by Crippen LogP contribution is -2.33. The lowest BCUT2D eigenvalue weighted by atomic mass is 9.78. The Morgan fingerprint density at radius 3 is 2.67 bits per heavy atom. The van der Waals surface area contributed by atoms with Crippen LogP contribution >= 0.6 is 0 Å². The molecule has 2 nitrogen and oxygen atoms in total. The molecule has 21 heavy (non-hydrogen) atoms. The number of rotatable bonds is 8. The maximum absolute atomic E-state index is 5.57. The molecule has 0 aromatic heterocycles. The zero-order valence-corrected chi connectivity index (χ0v) is 14.0. The molecule has 0 saturated heterocycles. The Labute approximate surface area is 130 Å². The molecule has 1 aliphatic rings. The quantitative estimate of drug-likeness (QED) is 0.743. The van der Waals surface area contributed by atoms with Crippen LogP contribution in [-0.2, 0) is 6.54 Å². The first kappa shape index (κ1) is 16.4. The Kier molecular flexibility index (Phi) is 6.10. The van der Waals surface area contributed by atoms with E-state index in [1.165, 1.54) is 37.7 Å². The van der Waals surface area contributed by atoms with Gasteiger partial charge in [-0.25, -0.2) is 0 Å². The molecular formula is C19H31NO. The second-order valence-electron chi connectivity index (χ2n) is 6.99. The highest BCUT2D eigenvalue weighted by Gasteiger charge is 2.33. The molecule has 0 radical (unpaired) electrons. The molecule has 1 fully saturated rings. The van der Waals surface area contributed by atoms with Crippen LogP contribution in [0.2, 0.25) is 0 Å². The average molecular weight is 289 g/mol. The van der Waals surface area contributed by atoms with Gasteiger partial charge in [0.15, 0.2) is 0 Å². The summed E-state index contributed by atoms with van der Waals surface area (Å²) in [5, 5.41) is 3.70. The predicted octanol–water partition coefficient (Wildman–Crippen LogP) is 4.78. The van der Waals surface area contributed by atoms with Gasteiger partial charge in [-0.05, 0) is 55.2 Å². The van der Waals surface area contributed by atoms with Crippen LogP contribution in [-0.4, -0.2) is 13.2 Å². The summed E-state index contributed by atoms with van der Waals surface area (Å²) in [6.45, 7) is 9.57. The zero-order valence-electron chi connectivity index (χ0n) is 14.0. The van der Waals surface area contributed by atoms with Crippen molar-refractivity contribution >= 4 is 0 Å². The van der Waals surface area contributed by atoms with Gasteiger partial charge in [0, 0.05) is 13.1 Å². The summed E-state index contributed by atoms with van der Waals surface area (Å²) in [5.41, 5.74) is 1.87. The van der Waals surface area contributed by atoms with Crippen LogP contribution < -0.4 is 10.1 Å². The highest BCUT2D eigenvalue weighted by atomic mass is 16.5. The second-order valence-corrected chi connectivity index (χ2v) is 6.99. The van der Waals surface area contributed by atoms with Crippen molar-refractivity contribution in [3.05, 3.63) is 29.8 Å². The topological polar surface area (TPSA) is 21.3 Å². The molecule has 0 unspecified atom stereocenters. The number of hydrogen-bond acceptors (Lipinski definition) is 2. The van der Waals surface area contributed by atoms with Gasteiger partial charge in [0.2, 0.25) is 0 Å². The molecule has 0 amide bonds. The van der Waals surface area contributed by atoms with Gasteiger partial charge in [-0.15, -0.1) is 0 Å². The lowest BCUT2D eigenvalue weighted by Gasteiger charge is -2.31. The van der Waals surface area contributed by atoms with Crippen LogP contribution in [0.15, 0.2) is 24.3 Å². The van der Waals surface area contributed by atoms with Crippen molar-refractivity contribution in [1.82, 2.24) is 5.32 Å². The molecular weight excluding hydrogens is 258 g/mol. The normalized spacial score (nSPS) is 17.3. The number of ether oxygens (including phenoxy) is 1. The molecule has 2 heteroatoms. The van der Waals surface area contributed by atoms with Gasteiger partial charge in [0.25, 0.3) is 0 Å². The summed E-state index contributed by atoms with van der Waals surface area (Å²) in [5.74, 6) is 1.78. The first-order chi connectivity index (χ1) is 10.1. The third-order valence-electron chi connectivity index (χ3n) is 4.54. The molecule has 0 atom stereocenters. The van der Waals surface area contributed by atoms with E-state index in [0.717, 1.165) is 31.4 Å². The van der Waals surface area contributed by atoms with Gasteiger partial charge in [0.05, 0.1) is 6.61 Å². The monoisotopic (exact) mass is 289 g/mol. The van der Waals surface area contributed by atoms with Crippen molar-refractivity contribution in [2.75, 3.05) is 13.2 Å². The molecule has 0 aliphatic heterocycles. The van der Waals surface area contributed by atoms with E-state index < -0.39 is 0 Å². The molecule has 2 rings (SSSR count). The van der Waals surface area contributed by atoms with Crippen LogP contribution in [0.4, 0.5) is 0 Å². The fourth-order valence-electron chi connectivity index (χ4n) is 3.83. The third-order valence-corrected chi connectivity index (χ3v) is 4.54. The molecule has 0 spiro atoms. The zero-order chi connectivity index (χ0) is 15.1. The van der Waals surface area contributed by atoms with Crippen LogP contribution in [0.1, 0.15) is 58.4 Å². The third kappa shape index (κ3) is 5.03. The van der Waals surface area contributed by atoms with Gasteiger partial charge < -0.3 is 10.1 Å². The van der Waals surface area contributed by atoms with Gasteiger partial charge in [-0.1, -0.05) is 38.8 Å². The van der Waals surface area contributed by atoms with E-state index in [4.69, 9.17) is 4.74 Å². The van der Waals surface area contributed by atoms with Gasteiger partial charge in [0.1, 0.15) is 5.75 Å². The largest absolute Gasteiger partial charge is 0.494 e. The Morgan fingerprint density at radius 1 is 1.24 bits per heavy atom. The van der Waals surface area contributed by atoms with E-state index in [-0.39, 0.29) is 0 Å². The molecule has 1 saturated carbocycles. The van der Waals surface area contributed by atoms with Crippen LogP contribution in [0.5, 0.6) is 5.75 Å². The van der Waals surface area contributed by atoms with Crippen molar-refractivity contribution in [1.29, 1.82) is 0 Å². The first-order valence-electron chi connectivity index (χ1n) is 8.56. The minimum absolute atomic E-state index is 0.547. The van der Waals surface area contributed by atoms with Crippen molar-refractivity contribution in [3.63, 3.8) is 0 Å². The van der Waals surface area contributed by atoms with Gasteiger partial charge >= 0.3 is 0 Å². The summed E-state index contributed by atoms with van der Waals surface area (Å²) in [6, 6.07) is 8.45. The first-order valence-corrected chi connectivity index (χ1v) is 8.56. The molecule has 1 N–H and O–H groups in total. The summed E-state index contributed by atoms with van der Waals surface area (Å²) < 4.78 is 5.57. The van der Waals surface area contributed by atoms with Crippen LogP contribution in [0, 0.1) is 11.3 Å². The maximum atomic E-state index is 5.57. The molecule has 1 aromatic rings. The Hall–Kier alpha value is -1.02. The van der Waals surface area contributed by atoms with Crippen molar-refractivity contribution in [3.8, 4) is 5.75 Å². The van der Waals surface area contributed by atoms with Crippen LogP contribution in [0.3, 0.4) is 0 Å². The van der Waals surface area contributed by atoms with Crippen molar-refractivity contribution in [2.45, 2.75) is 59.4 Å². The fraction of sp³-hybridized carbons (Fsp3) is 0.684. The summed E-state index contributed by atoms with van der Waals surface area (Å²) in [6.07, 6.45) is 6.98. The Balaban J connectivity index is 1.86. The van der Waals surface area contributed by atoms with E-state index in [0.29, 0.717) is 5.41 Å². The van der Waals surface area contributed by atoms with Gasteiger partial charge in [-0.2, -0.15) is 0 Å². The van der Waals surface area contributed by atoms with E-state index in [1.54, 1.807) is 0 Å². The highest BCUT2D eigenvalue weighted by Crippen LogP contribution is 2.42. The predicted molar refractivity (Wildman–Crippen MR) is 89.7 cm³/mol. The standard InChI is InChI=1S/C19H31NO/c1-4-21-18-9-7-8-17(12-18)14-20-15-19(13-16(2)3)10-5-6-11-19/h7-9,12,16,20H,4-6,10-11,13-15H2,1-3H3. The maximum Gasteiger partial charge on any atom is 0.119 e. The number of benzene rings is 1. The SMILES string of the molecule is CCOc1cccc(CNCC2(CC(C)C)CCCC2)c1. The summed E-state index contributed by atoms with van der Waals surface area (Å²) in [7, 11) is 0. The fourth-order valence-corrected chi connectivity index (χ4v) is 3.83. The molecule has 118 valence electrons. The summed E-state index contributed by atoms with van der Waals surface area (Å²) in [4.78, 5) is 0. The van der Waals surface area contributed by atoms with Crippen LogP contribution in [0.25, 0.3) is 0 Å². The molecule has 1 aromatic carbocycles. The molecule has 1 aliphatic carbocycles. The smallest absolute Gasteiger partial charge is 0.119 e. The summed E-state index contributed by atoms with van der Waals surface area (Å²) >= 11 is 0. The lowest BCUT2D eigenvalue weighted by molar-refractivity contribution is 0.223. The average Bonchev–Trinajstić information content (AvgIpc) is 2.87. The van der Waals surface area contributed by atoms with E-state index in [2.05, 4.69) is 37.4 Å². The second kappa shape index (κ2) is 7.84. The minimum atomic E-state index is 0.547. The Bertz CT molecular complexity index is 421. The van der Waals surface area contributed by atoms with Gasteiger partial charge in [-0.3, -0.25) is 0 Å². The minimum Gasteiger partial charge on any atom is -0.494 e. The van der Waals surface area contributed by atoms with Crippen molar-refractivity contribution < 1.29 is 4.74 Å². The van der Waals surface area contributed by atoms with E-state index in [1.807, 2.05) is 13.0 Å². The molecule has 0 bridgehead atoms. The number of nitrogens with one attached hydrogen (secondary N) is 1. The van der Waals surface area contributed by atoms with E-state index >= 15 is 0 Å². The van der Waals surface area contributed by atoms with Crippen molar-refractivity contribution in [2.24, 2.45) is 11.3 Å². The highest BCUT2D eigenvalue weighted by molar-refractivity contribution is 5.28. The number of hydrogen-bond donors (Lipinski definition) is 1. The van der Waals surface area contributed by atoms with E-state index in [9.17, 15) is 0 Å². The molecule has 0 heterocycles.